The molecule has 1 aliphatic heterocycles. The van der Waals surface area contributed by atoms with Crippen LogP contribution in [0, 0.1) is 0 Å². The Morgan fingerprint density at radius 3 is 2.30 bits per heavy atom. The maximum Gasteiger partial charge on any atom is 0.253 e. The van der Waals surface area contributed by atoms with E-state index < -0.39 is 0 Å². The van der Waals surface area contributed by atoms with Gasteiger partial charge in [-0.2, -0.15) is 0 Å². The van der Waals surface area contributed by atoms with Gasteiger partial charge in [-0.1, -0.05) is 12.1 Å². The number of hydrogen-bond donors (Lipinski definition) is 1. The molecule has 1 fully saturated rings. The third-order valence-corrected chi connectivity index (χ3v) is 5.62. The summed E-state index contributed by atoms with van der Waals surface area (Å²) in [7, 11) is 1.63. The Labute approximate surface area is 164 Å². The van der Waals surface area contributed by atoms with E-state index in [0.717, 1.165) is 16.2 Å². The van der Waals surface area contributed by atoms with E-state index in [2.05, 4.69) is 5.32 Å². The SMILES string of the molecule is COc1ccc(C2CN(C(=O)c3ccc(SC)cc3)CC2NC(C)=O)cc1. The molecule has 1 aliphatic rings. The molecule has 0 aliphatic carbocycles. The Hall–Kier alpha value is -2.47. The molecule has 1 heterocycles. The molecule has 0 saturated carbocycles. The fourth-order valence-electron chi connectivity index (χ4n) is 3.48. The van der Waals surface area contributed by atoms with Crippen molar-refractivity contribution in [3.05, 3.63) is 59.7 Å². The van der Waals surface area contributed by atoms with Crippen LogP contribution in [0.15, 0.2) is 53.4 Å². The zero-order chi connectivity index (χ0) is 19.4. The minimum atomic E-state index is -0.106. The summed E-state index contributed by atoms with van der Waals surface area (Å²) in [4.78, 5) is 27.5. The van der Waals surface area contributed by atoms with E-state index in [0.29, 0.717) is 18.7 Å². The zero-order valence-electron chi connectivity index (χ0n) is 15.8. The van der Waals surface area contributed by atoms with Crippen molar-refractivity contribution in [1.29, 1.82) is 0 Å². The fraction of sp³-hybridized carbons (Fsp3) is 0.333. The molecule has 0 aromatic heterocycles. The van der Waals surface area contributed by atoms with Gasteiger partial charge in [0.2, 0.25) is 5.91 Å². The van der Waals surface area contributed by atoms with Gasteiger partial charge in [0.05, 0.1) is 13.2 Å². The molecule has 1 saturated heterocycles. The van der Waals surface area contributed by atoms with Crippen molar-refractivity contribution in [2.24, 2.45) is 0 Å². The van der Waals surface area contributed by atoms with E-state index in [9.17, 15) is 9.59 Å². The average molecular weight is 385 g/mol. The van der Waals surface area contributed by atoms with Crippen molar-refractivity contribution < 1.29 is 14.3 Å². The number of amides is 2. The van der Waals surface area contributed by atoms with Gasteiger partial charge in [0.15, 0.2) is 0 Å². The lowest BCUT2D eigenvalue weighted by Crippen LogP contribution is -2.39. The smallest absolute Gasteiger partial charge is 0.253 e. The van der Waals surface area contributed by atoms with Crippen LogP contribution in [0.25, 0.3) is 0 Å². The number of rotatable bonds is 5. The van der Waals surface area contributed by atoms with Crippen molar-refractivity contribution in [3.8, 4) is 5.75 Å². The number of nitrogens with one attached hydrogen (secondary N) is 1. The van der Waals surface area contributed by atoms with Crippen LogP contribution in [0.3, 0.4) is 0 Å². The van der Waals surface area contributed by atoms with Crippen molar-refractivity contribution in [2.75, 3.05) is 26.5 Å². The average Bonchev–Trinajstić information content (AvgIpc) is 3.10. The highest BCUT2D eigenvalue weighted by molar-refractivity contribution is 7.98. The van der Waals surface area contributed by atoms with Gasteiger partial charge < -0.3 is 15.0 Å². The second-order valence-electron chi connectivity index (χ2n) is 6.63. The summed E-state index contributed by atoms with van der Waals surface area (Å²) in [5, 5.41) is 3.01. The lowest BCUT2D eigenvalue weighted by atomic mass is 9.94. The molecule has 142 valence electrons. The predicted molar refractivity (Wildman–Crippen MR) is 107 cm³/mol. The molecule has 6 heteroatoms. The first-order chi connectivity index (χ1) is 13.0. The first-order valence-corrected chi connectivity index (χ1v) is 10.1. The molecule has 3 rings (SSSR count). The van der Waals surface area contributed by atoms with Gasteiger partial charge in [0, 0.05) is 36.4 Å². The second-order valence-corrected chi connectivity index (χ2v) is 7.50. The van der Waals surface area contributed by atoms with Gasteiger partial charge in [0.25, 0.3) is 5.91 Å². The number of hydrogen-bond acceptors (Lipinski definition) is 4. The Morgan fingerprint density at radius 1 is 1.07 bits per heavy atom. The molecule has 0 radical (unpaired) electrons. The highest BCUT2D eigenvalue weighted by Gasteiger charge is 2.37. The van der Waals surface area contributed by atoms with E-state index in [1.807, 2.05) is 59.7 Å². The van der Waals surface area contributed by atoms with Crippen LogP contribution in [0.4, 0.5) is 0 Å². The van der Waals surface area contributed by atoms with Crippen molar-refractivity contribution >= 4 is 23.6 Å². The van der Waals surface area contributed by atoms with E-state index in [4.69, 9.17) is 4.74 Å². The topological polar surface area (TPSA) is 58.6 Å². The molecule has 2 amide bonds. The van der Waals surface area contributed by atoms with Gasteiger partial charge >= 0.3 is 0 Å². The summed E-state index contributed by atoms with van der Waals surface area (Å²) >= 11 is 1.65. The number of thioether (sulfide) groups is 1. The van der Waals surface area contributed by atoms with Gasteiger partial charge in [0.1, 0.15) is 5.75 Å². The van der Waals surface area contributed by atoms with Crippen LogP contribution in [0.2, 0.25) is 0 Å². The fourth-order valence-corrected chi connectivity index (χ4v) is 3.89. The summed E-state index contributed by atoms with van der Waals surface area (Å²) in [5.74, 6) is 0.745. The Balaban J connectivity index is 1.80. The maximum absolute atomic E-state index is 12.9. The number of carbonyl (C=O) groups excluding carboxylic acids is 2. The second kappa shape index (κ2) is 8.48. The van der Waals surface area contributed by atoms with Gasteiger partial charge in [-0.05, 0) is 48.2 Å². The normalized spacial score (nSPS) is 19.0. The summed E-state index contributed by atoms with van der Waals surface area (Å²) in [6.07, 6.45) is 2.01. The number of carbonyl (C=O) groups is 2. The molecule has 2 aromatic rings. The summed E-state index contributed by atoms with van der Waals surface area (Å²) in [5.41, 5.74) is 1.76. The minimum absolute atomic E-state index is 0.00554. The first kappa shape index (κ1) is 19.3. The van der Waals surface area contributed by atoms with E-state index >= 15 is 0 Å². The minimum Gasteiger partial charge on any atom is -0.497 e. The Kier molecular flexibility index (Phi) is 6.06. The lowest BCUT2D eigenvalue weighted by molar-refractivity contribution is -0.119. The van der Waals surface area contributed by atoms with Gasteiger partial charge in [-0.25, -0.2) is 0 Å². The lowest BCUT2D eigenvalue weighted by Gasteiger charge is -2.19. The van der Waals surface area contributed by atoms with Crippen LogP contribution < -0.4 is 10.1 Å². The molecule has 27 heavy (non-hydrogen) atoms. The number of benzene rings is 2. The molecular weight excluding hydrogens is 360 g/mol. The third-order valence-electron chi connectivity index (χ3n) is 4.88. The molecule has 0 bridgehead atoms. The highest BCUT2D eigenvalue weighted by Crippen LogP contribution is 2.30. The number of ether oxygens (including phenoxy) is 1. The quantitative estimate of drug-likeness (QED) is 0.805. The van der Waals surface area contributed by atoms with Gasteiger partial charge in [-0.3, -0.25) is 9.59 Å². The molecule has 5 nitrogen and oxygen atoms in total. The summed E-state index contributed by atoms with van der Waals surface area (Å²) < 4.78 is 5.22. The van der Waals surface area contributed by atoms with Crippen molar-refractivity contribution in [3.63, 3.8) is 0 Å². The Morgan fingerprint density at radius 2 is 1.74 bits per heavy atom. The van der Waals surface area contributed by atoms with Crippen molar-refractivity contribution in [1.82, 2.24) is 10.2 Å². The molecule has 2 atom stereocenters. The monoisotopic (exact) mass is 384 g/mol. The number of likely N-dealkylation sites (tertiary alicyclic amines) is 1. The van der Waals surface area contributed by atoms with E-state index in [-0.39, 0.29) is 23.8 Å². The Bertz CT molecular complexity index is 805. The maximum atomic E-state index is 12.9. The number of nitrogens with zero attached hydrogens (tertiary/aromatic N) is 1. The molecule has 1 N–H and O–H groups in total. The van der Waals surface area contributed by atoms with E-state index in [1.54, 1.807) is 18.9 Å². The zero-order valence-corrected chi connectivity index (χ0v) is 16.6. The first-order valence-electron chi connectivity index (χ1n) is 8.86. The molecule has 2 unspecified atom stereocenters. The van der Waals surface area contributed by atoms with E-state index in [1.165, 1.54) is 6.92 Å². The molecule has 2 aromatic carbocycles. The number of methoxy groups -OCH3 is 1. The molecular formula is C21H24N2O3S. The molecule has 0 spiro atoms. The van der Waals surface area contributed by atoms with Crippen LogP contribution in [0.1, 0.15) is 28.8 Å². The van der Waals surface area contributed by atoms with Crippen LogP contribution in [-0.4, -0.2) is 49.2 Å². The van der Waals surface area contributed by atoms with Crippen LogP contribution >= 0.6 is 11.8 Å². The predicted octanol–water partition coefficient (Wildman–Crippen LogP) is 3.16. The van der Waals surface area contributed by atoms with Gasteiger partial charge in [-0.15, -0.1) is 11.8 Å². The standard InChI is InChI=1S/C21H24N2O3S/c1-14(24)22-20-13-23(21(25)16-6-10-18(27-3)11-7-16)12-19(20)15-4-8-17(26-2)9-5-15/h4-11,19-20H,12-13H2,1-3H3,(H,22,24). The van der Waals surface area contributed by atoms with Crippen LogP contribution in [0.5, 0.6) is 5.75 Å². The third kappa shape index (κ3) is 4.45. The summed E-state index contributed by atoms with van der Waals surface area (Å²) in [6.45, 7) is 2.58. The van der Waals surface area contributed by atoms with Crippen LogP contribution in [-0.2, 0) is 4.79 Å². The highest BCUT2D eigenvalue weighted by atomic mass is 32.2. The largest absolute Gasteiger partial charge is 0.497 e. The summed E-state index contributed by atoms with van der Waals surface area (Å²) in [6, 6.07) is 15.4. The van der Waals surface area contributed by atoms with Crippen molar-refractivity contribution in [2.45, 2.75) is 23.8 Å².